The minimum absolute atomic E-state index is 0.110. The van der Waals surface area contributed by atoms with Crippen molar-refractivity contribution in [2.45, 2.75) is 18.9 Å². The summed E-state index contributed by atoms with van der Waals surface area (Å²) in [6.07, 6.45) is 3.52. The summed E-state index contributed by atoms with van der Waals surface area (Å²) in [4.78, 5) is 30.5. The van der Waals surface area contributed by atoms with Crippen LogP contribution in [0.2, 0.25) is 5.02 Å². The molecule has 6 rings (SSSR count). The van der Waals surface area contributed by atoms with Crippen molar-refractivity contribution < 1.29 is 9.90 Å². The van der Waals surface area contributed by atoms with E-state index >= 15 is 0 Å². The molecule has 1 unspecified atom stereocenters. The normalized spacial score (nSPS) is 16.8. The molecule has 0 saturated heterocycles. The van der Waals surface area contributed by atoms with Gasteiger partial charge in [-0.2, -0.15) is 0 Å². The maximum atomic E-state index is 13.7. The standard InChI is InChI=1S/C28H19ClN2O3S/c29-20-12-9-18(10-13-20)25-22-14-11-17-3-1-2-4-21(17)24(22)30-28-31(25)26(32)23(35-28)15-16-5-7-19(8-6-16)27(33)34/h1-10,12-13,15,25H,11,14H2,(H,33,34). The molecule has 1 aromatic heterocycles. The lowest BCUT2D eigenvalue weighted by Gasteiger charge is -2.30. The first kappa shape index (κ1) is 21.8. The highest BCUT2D eigenvalue weighted by atomic mass is 35.5. The Bertz CT molecular complexity index is 1700. The van der Waals surface area contributed by atoms with E-state index < -0.39 is 5.97 Å². The third-order valence-electron chi connectivity index (χ3n) is 6.51. The number of hydrogen-bond acceptors (Lipinski definition) is 4. The summed E-state index contributed by atoms with van der Waals surface area (Å²) in [5.41, 5.74) is 6.32. The zero-order valence-electron chi connectivity index (χ0n) is 18.4. The van der Waals surface area contributed by atoms with Crippen molar-refractivity contribution in [1.29, 1.82) is 0 Å². The van der Waals surface area contributed by atoms with Gasteiger partial charge in [0.1, 0.15) is 0 Å². The van der Waals surface area contributed by atoms with Gasteiger partial charge in [-0.05, 0) is 65.4 Å². The number of halogens is 1. The Balaban J connectivity index is 1.57. The second-order valence-electron chi connectivity index (χ2n) is 8.59. The Morgan fingerprint density at radius 1 is 1.03 bits per heavy atom. The van der Waals surface area contributed by atoms with E-state index in [2.05, 4.69) is 12.1 Å². The summed E-state index contributed by atoms with van der Waals surface area (Å²) in [5, 5.41) is 9.81. The monoisotopic (exact) mass is 498 g/mol. The Hall–Kier alpha value is -3.74. The number of aryl methyl sites for hydroxylation is 1. The summed E-state index contributed by atoms with van der Waals surface area (Å²) >= 11 is 7.52. The molecule has 5 nitrogen and oxygen atoms in total. The van der Waals surface area contributed by atoms with E-state index in [1.54, 1.807) is 22.8 Å². The summed E-state index contributed by atoms with van der Waals surface area (Å²) in [6.45, 7) is 0. The topological polar surface area (TPSA) is 71.7 Å². The van der Waals surface area contributed by atoms with Crippen LogP contribution >= 0.6 is 22.9 Å². The Morgan fingerprint density at radius 2 is 1.77 bits per heavy atom. The maximum absolute atomic E-state index is 13.7. The van der Waals surface area contributed by atoms with Crippen LogP contribution < -0.4 is 14.9 Å². The van der Waals surface area contributed by atoms with E-state index in [-0.39, 0.29) is 17.2 Å². The Morgan fingerprint density at radius 3 is 2.51 bits per heavy atom. The average Bonchev–Trinajstić information content (AvgIpc) is 3.18. The molecule has 1 N–H and O–H groups in total. The van der Waals surface area contributed by atoms with E-state index in [1.807, 2.05) is 36.4 Å². The first-order valence-corrected chi connectivity index (χ1v) is 12.4. The molecule has 0 radical (unpaired) electrons. The van der Waals surface area contributed by atoms with Crippen LogP contribution in [0.4, 0.5) is 0 Å². The van der Waals surface area contributed by atoms with Gasteiger partial charge in [0.05, 0.1) is 21.8 Å². The highest BCUT2D eigenvalue weighted by Crippen LogP contribution is 2.41. The Labute approximate surface area is 209 Å². The van der Waals surface area contributed by atoms with Crippen LogP contribution in [0.3, 0.4) is 0 Å². The lowest BCUT2D eigenvalue weighted by atomic mass is 9.83. The quantitative estimate of drug-likeness (QED) is 0.446. The molecule has 2 heterocycles. The van der Waals surface area contributed by atoms with Gasteiger partial charge in [0, 0.05) is 10.6 Å². The van der Waals surface area contributed by atoms with Crippen LogP contribution in [0.25, 0.3) is 11.8 Å². The molecule has 3 aromatic carbocycles. The zero-order valence-corrected chi connectivity index (χ0v) is 20.0. The number of carbonyl (C=O) groups is 1. The summed E-state index contributed by atoms with van der Waals surface area (Å²) in [6, 6.07) is 22.2. The van der Waals surface area contributed by atoms with Gasteiger partial charge in [0.25, 0.3) is 5.56 Å². The summed E-state index contributed by atoms with van der Waals surface area (Å²) in [7, 11) is 0. The van der Waals surface area contributed by atoms with Gasteiger partial charge in [-0.1, -0.05) is 71.5 Å². The van der Waals surface area contributed by atoms with Gasteiger partial charge >= 0.3 is 5.97 Å². The number of nitrogens with zero attached hydrogens (tertiary/aromatic N) is 2. The number of allylic oxidation sites excluding steroid dienone is 1. The minimum Gasteiger partial charge on any atom is -0.478 e. The molecule has 1 atom stereocenters. The molecule has 0 amide bonds. The number of hydrogen-bond donors (Lipinski definition) is 1. The minimum atomic E-state index is -0.982. The van der Waals surface area contributed by atoms with E-state index in [1.165, 1.54) is 29.0 Å². The van der Waals surface area contributed by atoms with Crippen LogP contribution in [-0.2, 0) is 6.42 Å². The highest BCUT2D eigenvalue weighted by Gasteiger charge is 2.32. The molecule has 2 aliphatic rings. The fourth-order valence-electron chi connectivity index (χ4n) is 4.84. The Kier molecular flexibility index (Phi) is 5.28. The van der Waals surface area contributed by atoms with E-state index in [9.17, 15) is 9.59 Å². The number of fused-ring (bicyclic) bond motifs is 3. The highest BCUT2D eigenvalue weighted by molar-refractivity contribution is 7.07. The molecule has 1 aliphatic carbocycles. The van der Waals surface area contributed by atoms with Crippen molar-refractivity contribution in [2.75, 3.05) is 0 Å². The van der Waals surface area contributed by atoms with Gasteiger partial charge in [-0.3, -0.25) is 9.36 Å². The van der Waals surface area contributed by atoms with Crippen LogP contribution in [0, 0.1) is 0 Å². The summed E-state index contributed by atoms with van der Waals surface area (Å²) < 4.78 is 2.34. The van der Waals surface area contributed by atoms with Crippen molar-refractivity contribution in [1.82, 2.24) is 4.57 Å². The smallest absolute Gasteiger partial charge is 0.335 e. The molecular formula is C28H19ClN2O3S. The molecule has 35 heavy (non-hydrogen) atoms. The maximum Gasteiger partial charge on any atom is 0.335 e. The molecule has 0 bridgehead atoms. The van der Waals surface area contributed by atoms with Gasteiger partial charge in [-0.25, -0.2) is 9.79 Å². The lowest BCUT2D eigenvalue weighted by molar-refractivity contribution is 0.0697. The van der Waals surface area contributed by atoms with Gasteiger partial charge < -0.3 is 5.11 Å². The van der Waals surface area contributed by atoms with Crippen molar-refractivity contribution in [3.05, 3.63) is 131 Å². The molecule has 0 saturated carbocycles. The fraction of sp³-hybridized carbons (Fsp3) is 0.107. The van der Waals surface area contributed by atoms with E-state index in [0.717, 1.165) is 40.8 Å². The number of thiazole rings is 1. The zero-order chi connectivity index (χ0) is 24.1. The molecule has 1 aliphatic heterocycles. The number of carboxylic acid groups (broad SMARTS) is 1. The third kappa shape index (κ3) is 3.75. The van der Waals surface area contributed by atoms with Crippen molar-refractivity contribution in [3.8, 4) is 0 Å². The molecule has 0 spiro atoms. The van der Waals surface area contributed by atoms with Crippen molar-refractivity contribution in [3.63, 3.8) is 0 Å². The van der Waals surface area contributed by atoms with Crippen LogP contribution in [-0.4, -0.2) is 15.6 Å². The second kappa shape index (κ2) is 8.48. The second-order valence-corrected chi connectivity index (χ2v) is 10.0. The van der Waals surface area contributed by atoms with E-state index in [0.29, 0.717) is 14.4 Å². The van der Waals surface area contributed by atoms with Crippen LogP contribution in [0.15, 0.2) is 88.2 Å². The molecule has 7 heteroatoms. The first-order chi connectivity index (χ1) is 17.0. The molecule has 172 valence electrons. The summed E-state index contributed by atoms with van der Waals surface area (Å²) in [5.74, 6) is -0.982. The molecule has 0 fully saturated rings. The predicted molar refractivity (Wildman–Crippen MR) is 138 cm³/mol. The SMILES string of the molecule is O=C(O)c1ccc(C=c2sc3n(c2=O)C(c2ccc(Cl)cc2)C2=C(N=3)c3ccccc3CC2)cc1. The molecular weight excluding hydrogens is 480 g/mol. The van der Waals surface area contributed by atoms with Crippen LogP contribution in [0.5, 0.6) is 0 Å². The van der Waals surface area contributed by atoms with Crippen LogP contribution in [0.1, 0.15) is 45.1 Å². The third-order valence-corrected chi connectivity index (χ3v) is 7.75. The van der Waals surface area contributed by atoms with E-state index in [4.69, 9.17) is 21.7 Å². The van der Waals surface area contributed by atoms with Crippen molar-refractivity contribution >= 4 is 40.7 Å². The molecule has 4 aromatic rings. The first-order valence-electron chi connectivity index (χ1n) is 11.2. The number of aromatic carboxylic acids is 1. The number of aromatic nitrogens is 1. The van der Waals surface area contributed by atoms with Gasteiger partial charge in [-0.15, -0.1) is 0 Å². The largest absolute Gasteiger partial charge is 0.478 e. The number of benzene rings is 3. The van der Waals surface area contributed by atoms with Gasteiger partial charge in [0.15, 0.2) is 4.80 Å². The lowest BCUT2D eigenvalue weighted by Crippen LogP contribution is -2.38. The number of carboxylic acids is 1. The predicted octanol–water partition coefficient (Wildman–Crippen LogP) is 4.67. The van der Waals surface area contributed by atoms with Crippen molar-refractivity contribution in [2.24, 2.45) is 4.99 Å². The van der Waals surface area contributed by atoms with Gasteiger partial charge in [0.2, 0.25) is 0 Å². The average molecular weight is 499 g/mol. The number of rotatable bonds is 3. The fourth-order valence-corrected chi connectivity index (χ4v) is 5.97.